The van der Waals surface area contributed by atoms with E-state index in [0.29, 0.717) is 6.54 Å². The first-order chi connectivity index (χ1) is 16.7. The smallest absolute Gasteiger partial charge is 0.307 e. The molecule has 35 heavy (non-hydrogen) atoms. The SMILES string of the molecule is Cc1ncc(-c2ccc(NCCc3ccc(F)cc3)nc2)c(N2CCC(C)(C)CC2)c1CC(=O)O. The van der Waals surface area contributed by atoms with Gasteiger partial charge in [0.25, 0.3) is 0 Å². The Bertz CT molecular complexity index is 1170. The van der Waals surface area contributed by atoms with Crippen LogP contribution in [-0.2, 0) is 17.6 Å². The quantitative estimate of drug-likeness (QED) is 0.447. The summed E-state index contributed by atoms with van der Waals surface area (Å²) in [5.41, 5.74) is 5.66. The highest BCUT2D eigenvalue weighted by Crippen LogP contribution is 2.39. The van der Waals surface area contributed by atoms with Crippen molar-refractivity contribution < 1.29 is 14.3 Å². The minimum absolute atomic E-state index is 0.0572. The van der Waals surface area contributed by atoms with Gasteiger partial charge in [0.15, 0.2) is 0 Å². The Kier molecular flexibility index (Phi) is 7.34. The highest BCUT2D eigenvalue weighted by atomic mass is 19.1. The number of halogens is 1. The molecular weight excluding hydrogens is 443 g/mol. The van der Waals surface area contributed by atoms with Crippen LogP contribution in [0.3, 0.4) is 0 Å². The van der Waals surface area contributed by atoms with E-state index in [1.54, 1.807) is 12.1 Å². The summed E-state index contributed by atoms with van der Waals surface area (Å²) < 4.78 is 13.1. The number of carboxylic acid groups (broad SMARTS) is 1. The summed E-state index contributed by atoms with van der Waals surface area (Å²) in [4.78, 5) is 23.1. The number of aryl methyl sites for hydroxylation is 1. The summed E-state index contributed by atoms with van der Waals surface area (Å²) in [6.07, 6.45) is 6.46. The molecule has 0 amide bonds. The number of aliphatic carboxylic acids is 1. The maximum Gasteiger partial charge on any atom is 0.307 e. The normalized spacial score (nSPS) is 15.1. The minimum atomic E-state index is -0.857. The molecule has 2 aromatic heterocycles. The van der Waals surface area contributed by atoms with Crippen LogP contribution < -0.4 is 10.2 Å². The number of nitrogens with one attached hydrogen (secondary N) is 1. The van der Waals surface area contributed by atoms with E-state index in [9.17, 15) is 14.3 Å². The van der Waals surface area contributed by atoms with Crippen LogP contribution in [0.25, 0.3) is 11.1 Å². The van der Waals surface area contributed by atoms with Gasteiger partial charge in [-0.25, -0.2) is 9.37 Å². The van der Waals surface area contributed by atoms with E-state index in [-0.39, 0.29) is 17.7 Å². The Morgan fingerprint density at radius 2 is 1.80 bits per heavy atom. The van der Waals surface area contributed by atoms with Crippen molar-refractivity contribution in [2.45, 2.75) is 46.5 Å². The molecule has 1 aliphatic rings. The summed E-state index contributed by atoms with van der Waals surface area (Å²) in [7, 11) is 0. The third-order valence-electron chi connectivity index (χ3n) is 6.83. The lowest BCUT2D eigenvalue weighted by atomic mass is 9.82. The number of rotatable bonds is 8. The molecule has 0 spiro atoms. The molecule has 3 aromatic rings. The van der Waals surface area contributed by atoms with Gasteiger partial charge in [-0.1, -0.05) is 26.0 Å². The second kappa shape index (κ2) is 10.4. The first-order valence-corrected chi connectivity index (χ1v) is 12.1. The summed E-state index contributed by atoms with van der Waals surface area (Å²) in [5.74, 6) is -0.337. The molecule has 0 radical (unpaired) electrons. The number of hydrogen-bond acceptors (Lipinski definition) is 5. The van der Waals surface area contributed by atoms with Crippen molar-refractivity contribution in [2.24, 2.45) is 5.41 Å². The highest BCUT2D eigenvalue weighted by Gasteiger charge is 2.29. The van der Waals surface area contributed by atoms with Crippen LogP contribution in [0.1, 0.15) is 43.5 Å². The largest absolute Gasteiger partial charge is 0.481 e. The van der Waals surface area contributed by atoms with E-state index in [1.165, 1.54) is 12.1 Å². The predicted octanol–water partition coefficient (Wildman–Crippen LogP) is 5.50. The topological polar surface area (TPSA) is 78.4 Å². The average molecular weight is 477 g/mol. The number of aromatic nitrogens is 2. The summed E-state index contributed by atoms with van der Waals surface area (Å²) in [5, 5.41) is 12.9. The fourth-order valence-corrected chi connectivity index (χ4v) is 4.55. The number of nitrogens with zero attached hydrogens (tertiary/aromatic N) is 3. The average Bonchev–Trinajstić information content (AvgIpc) is 2.82. The van der Waals surface area contributed by atoms with Crippen molar-refractivity contribution >= 4 is 17.5 Å². The monoisotopic (exact) mass is 476 g/mol. The van der Waals surface area contributed by atoms with Gasteiger partial charge in [0.2, 0.25) is 0 Å². The standard InChI is InChI=1S/C28H33FN4O2/c1-19-23(16-26(34)35)27(33-14-11-28(2,3)12-15-33)24(18-31-19)21-6-9-25(32-17-21)30-13-10-20-4-7-22(29)8-5-20/h4-9,17-18H,10-16H2,1-3H3,(H,30,32)(H,34,35). The maximum absolute atomic E-state index is 13.1. The summed E-state index contributed by atoms with van der Waals surface area (Å²) in [6, 6.07) is 10.4. The van der Waals surface area contributed by atoms with Gasteiger partial charge in [-0.3, -0.25) is 9.78 Å². The zero-order chi connectivity index (χ0) is 25.0. The van der Waals surface area contributed by atoms with Gasteiger partial charge in [0, 0.05) is 54.4 Å². The van der Waals surface area contributed by atoms with Gasteiger partial charge < -0.3 is 15.3 Å². The van der Waals surface area contributed by atoms with Crippen LogP contribution >= 0.6 is 0 Å². The summed E-state index contributed by atoms with van der Waals surface area (Å²) in [6.45, 7) is 8.90. The highest BCUT2D eigenvalue weighted by molar-refractivity contribution is 5.84. The van der Waals surface area contributed by atoms with Crippen molar-refractivity contribution in [2.75, 3.05) is 29.9 Å². The van der Waals surface area contributed by atoms with Crippen molar-refractivity contribution in [3.05, 3.63) is 71.4 Å². The molecule has 1 fully saturated rings. The zero-order valence-electron chi connectivity index (χ0n) is 20.6. The lowest BCUT2D eigenvalue weighted by Crippen LogP contribution is -2.38. The van der Waals surface area contributed by atoms with E-state index in [1.807, 2.05) is 31.5 Å². The van der Waals surface area contributed by atoms with Crippen LogP contribution in [0.5, 0.6) is 0 Å². The van der Waals surface area contributed by atoms with Crippen LogP contribution in [0.4, 0.5) is 15.9 Å². The fraction of sp³-hybridized carbons (Fsp3) is 0.393. The van der Waals surface area contributed by atoms with E-state index in [2.05, 4.69) is 34.0 Å². The summed E-state index contributed by atoms with van der Waals surface area (Å²) >= 11 is 0. The van der Waals surface area contributed by atoms with Gasteiger partial charge in [-0.05, 0) is 61.4 Å². The second-order valence-corrected chi connectivity index (χ2v) is 10.0. The zero-order valence-corrected chi connectivity index (χ0v) is 20.6. The van der Waals surface area contributed by atoms with E-state index >= 15 is 0 Å². The molecule has 0 unspecified atom stereocenters. The third kappa shape index (κ3) is 6.15. The van der Waals surface area contributed by atoms with Crippen LogP contribution in [0, 0.1) is 18.2 Å². The van der Waals surface area contributed by atoms with Gasteiger partial charge in [-0.15, -0.1) is 0 Å². The van der Waals surface area contributed by atoms with Gasteiger partial charge in [0.05, 0.1) is 12.1 Å². The van der Waals surface area contributed by atoms with Crippen molar-refractivity contribution in [1.29, 1.82) is 0 Å². The fourth-order valence-electron chi connectivity index (χ4n) is 4.55. The number of benzene rings is 1. The molecule has 1 aromatic carbocycles. The van der Waals surface area contributed by atoms with E-state index in [0.717, 1.165) is 71.8 Å². The molecule has 0 bridgehead atoms. The number of carbonyl (C=O) groups is 1. The lowest BCUT2D eigenvalue weighted by Gasteiger charge is -2.40. The Morgan fingerprint density at radius 1 is 1.09 bits per heavy atom. The lowest BCUT2D eigenvalue weighted by molar-refractivity contribution is -0.136. The Hall–Kier alpha value is -3.48. The van der Waals surface area contributed by atoms with Crippen LogP contribution in [-0.4, -0.2) is 40.7 Å². The second-order valence-electron chi connectivity index (χ2n) is 10.0. The molecule has 1 aliphatic heterocycles. The molecule has 1 saturated heterocycles. The molecule has 2 N–H and O–H groups in total. The van der Waals surface area contributed by atoms with E-state index in [4.69, 9.17) is 0 Å². The number of anilines is 2. The third-order valence-corrected chi connectivity index (χ3v) is 6.83. The molecule has 0 aliphatic carbocycles. The number of hydrogen-bond donors (Lipinski definition) is 2. The van der Waals surface area contributed by atoms with Crippen molar-refractivity contribution in [3.8, 4) is 11.1 Å². The molecule has 0 atom stereocenters. The number of carboxylic acids is 1. The molecular formula is C28H33FN4O2. The Morgan fingerprint density at radius 3 is 2.43 bits per heavy atom. The molecule has 4 rings (SSSR count). The minimum Gasteiger partial charge on any atom is -0.481 e. The van der Waals surface area contributed by atoms with Gasteiger partial charge >= 0.3 is 5.97 Å². The van der Waals surface area contributed by atoms with Gasteiger partial charge in [0.1, 0.15) is 11.6 Å². The maximum atomic E-state index is 13.1. The molecule has 0 saturated carbocycles. The van der Waals surface area contributed by atoms with Crippen molar-refractivity contribution in [1.82, 2.24) is 9.97 Å². The van der Waals surface area contributed by atoms with Crippen LogP contribution in [0.2, 0.25) is 0 Å². The first-order valence-electron chi connectivity index (χ1n) is 12.1. The van der Waals surface area contributed by atoms with Crippen LogP contribution in [0.15, 0.2) is 48.8 Å². The first kappa shape index (κ1) is 24.6. The van der Waals surface area contributed by atoms with Gasteiger partial charge in [-0.2, -0.15) is 0 Å². The molecule has 3 heterocycles. The molecule has 7 heteroatoms. The van der Waals surface area contributed by atoms with Crippen molar-refractivity contribution in [3.63, 3.8) is 0 Å². The number of piperidine rings is 1. The van der Waals surface area contributed by atoms with E-state index < -0.39 is 5.97 Å². The Balaban J connectivity index is 1.56. The molecule has 184 valence electrons. The Labute approximate surface area is 206 Å². The molecule has 6 nitrogen and oxygen atoms in total. The predicted molar refractivity (Wildman–Crippen MR) is 137 cm³/mol. The number of pyridine rings is 2.